The Morgan fingerprint density at radius 1 is 0.643 bits per heavy atom. The Kier molecular flexibility index (Phi) is 2.80. The highest BCUT2D eigenvalue weighted by atomic mass is 28.3. The van der Waals surface area contributed by atoms with Gasteiger partial charge in [0.2, 0.25) is 0 Å². The molecule has 2 aromatic carbocycles. The summed E-state index contributed by atoms with van der Waals surface area (Å²) in [4.78, 5) is 0. The fourth-order valence-corrected chi connectivity index (χ4v) is 3.26. The van der Waals surface area contributed by atoms with Crippen molar-refractivity contribution in [3.8, 4) is 0 Å². The molecule has 0 spiro atoms. The molecule has 0 fully saturated rings. The van der Waals surface area contributed by atoms with Crippen LogP contribution >= 0.6 is 0 Å². The molecule has 0 atom stereocenters. The van der Waals surface area contributed by atoms with Crippen molar-refractivity contribution in [2.45, 2.75) is 6.55 Å². The second-order valence-corrected chi connectivity index (χ2v) is 5.76. The van der Waals surface area contributed by atoms with Crippen molar-refractivity contribution in [2.75, 3.05) is 0 Å². The van der Waals surface area contributed by atoms with E-state index in [0.717, 1.165) is 0 Å². The lowest BCUT2D eigenvalue weighted by molar-refractivity contribution is 1.72. The van der Waals surface area contributed by atoms with Crippen molar-refractivity contribution < 1.29 is 0 Å². The van der Waals surface area contributed by atoms with E-state index in [-0.39, 0.29) is 0 Å². The first-order valence-corrected chi connectivity index (χ1v) is 6.82. The summed E-state index contributed by atoms with van der Waals surface area (Å²) in [5, 5.41) is 2.95. The molecule has 0 saturated heterocycles. The monoisotopic (exact) mass is 197 g/mol. The fraction of sp³-hybridized carbons (Fsp3) is 0.0769. The predicted molar refractivity (Wildman–Crippen MR) is 63.8 cm³/mol. The lowest BCUT2D eigenvalue weighted by Gasteiger charge is -2.26. The average molecular weight is 197 g/mol. The maximum Gasteiger partial charge on any atom is -0.0625 e. The number of rotatable bonds is 2. The maximum absolute atomic E-state index is 2.34. The molecule has 0 nitrogen and oxygen atoms in total. The molecule has 0 bridgehead atoms. The SMILES string of the molecule is C[Si-](c1ccccc1)c1ccccc1. The van der Waals surface area contributed by atoms with Crippen molar-refractivity contribution in [1.29, 1.82) is 0 Å². The van der Waals surface area contributed by atoms with Crippen LogP contribution in [0, 0.1) is 0 Å². The Morgan fingerprint density at radius 2 is 1.00 bits per heavy atom. The Morgan fingerprint density at radius 3 is 1.36 bits per heavy atom. The Hall–Kier alpha value is -1.34. The molecule has 0 saturated carbocycles. The summed E-state index contributed by atoms with van der Waals surface area (Å²) in [6, 6.07) is 21.5. The second-order valence-electron chi connectivity index (χ2n) is 3.36. The normalized spacial score (nSPS) is 9.79. The van der Waals surface area contributed by atoms with Gasteiger partial charge in [0.25, 0.3) is 0 Å². The minimum Gasteiger partial charge on any atom is -0.255 e. The minimum absolute atomic E-state index is 0.545. The molecule has 2 aromatic rings. The summed E-state index contributed by atoms with van der Waals surface area (Å²) >= 11 is 0. The van der Waals surface area contributed by atoms with E-state index in [2.05, 4.69) is 67.2 Å². The molecule has 0 aliphatic rings. The van der Waals surface area contributed by atoms with Crippen LogP contribution in [0.2, 0.25) is 6.55 Å². The molecule has 1 heteroatoms. The number of hydrogen-bond acceptors (Lipinski definition) is 0. The Balaban J connectivity index is 2.30. The van der Waals surface area contributed by atoms with Gasteiger partial charge in [-0.15, -0.1) is 0 Å². The first-order valence-electron chi connectivity index (χ1n) is 4.82. The summed E-state index contributed by atoms with van der Waals surface area (Å²) in [6.07, 6.45) is 0. The zero-order valence-electron chi connectivity index (χ0n) is 8.27. The zero-order valence-corrected chi connectivity index (χ0v) is 9.27. The third-order valence-corrected chi connectivity index (χ3v) is 4.81. The Labute approximate surface area is 86.8 Å². The molecule has 0 N–H and O–H groups in total. The van der Waals surface area contributed by atoms with Gasteiger partial charge in [0.05, 0.1) is 0 Å². The maximum atomic E-state index is 2.34. The standard InChI is InChI=1S/C13H13Si/c1-14(12-8-4-2-5-9-12)13-10-6-3-7-11-13/h2-11H,1H3/q-1. The van der Waals surface area contributed by atoms with Gasteiger partial charge in [-0.2, -0.15) is 16.9 Å². The van der Waals surface area contributed by atoms with Gasteiger partial charge in [0.1, 0.15) is 0 Å². The molecule has 0 amide bonds. The fourth-order valence-electron chi connectivity index (χ4n) is 1.54. The molecule has 0 aliphatic heterocycles. The van der Waals surface area contributed by atoms with Crippen LogP contribution in [-0.4, -0.2) is 8.80 Å². The van der Waals surface area contributed by atoms with Crippen molar-refractivity contribution in [1.82, 2.24) is 0 Å². The van der Waals surface area contributed by atoms with Crippen molar-refractivity contribution in [3.63, 3.8) is 0 Å². The zero-order chi connectivity index (χ0) is 9.80. The van der Waals surface area contributed by atoms with Crippen LogP contribution in [0.5, 0.6) is 0 Å². The van der Waals surface area contributed by atoms with Gasteiger partial charge in [0.15, 0.2) is 0 Å². The molecular weight excluding hydrogens is 184 g/mol. The Bertz CT molecular complexity index is 341. The summed E-state index contributed by atoms with van der Waals surface area (Å²) in [5.74, 6) is 0. The van der Waals surface area contributed by atoms with Crippen LogP contribution in [0.3, 0.4) is 0 Å². The molecule has 0 heterocycles. The summed E-state index contributed by atoms with van der Waals surface area (Å²) in [7, 11) is -0.545. The molecular formula is C13H13Si-. The lowest BCUT2D eigenvalue weighted by atomic mass is 10.4. The van der Waals surface area contributed by atoms with Gasteiger partial charge < -0.3 is 0 Å². The quantitative estimate of drug-likeness (QED) is 0.645. The highest BCUT2D eigenvalue weighted by Crippen LogP contribution is 1.91. The molecule has 0 aliphatic carbocycles. The van der Waals surface area contributed by atoms with Crippen LogP contribution in [0.4, 0.5) is 0 Å². The van der Waals surface area contributed by atoms with Crippen LogP contribution in [0.1, 0.15) is 0 Å². The lowest BCUT2D eigenvalue weighted by Crippen LogP contribution is -2.38. The summed E-state index contributed by atoms with van der Waals surface area (Å²) < 4.78 is 0. The molecule has 0 radical (unpaired) electrons. The topological polar surface area (TPSA) is 0 Å². The highest BCUT2D eigenvalue weighted by molar-refractivity contribution is 6.84. The van der Waals surface area contributed by atoms with E-state index < -0.39 is 8.80 Å². The van der Waals surface area contributed by atoms with Crippen LogP contribution in [-0.2, 0) is 0 Å². The highest BCUT2D eigenvalue weighted by Gasteiger charge is 1.91. The minimum atomic E-state index is -0.545. The summed E-state index contributed by atoms with van der Waals surface area (Å²) in [5.41, 5.74) is 0. The van der Waals surface area contributed by atoms with Gasteiger partial charge in [-0.1, -0.05) is 60.7 Å². The van der Waals surface area contributed by atoms with E-state index in [1.54, 1.807) is 0 Å². The van der Waals surface area contributed by atoms with E-state index in [4.69, 9.17) is 0 Å². The van der Waals surface area contributed by atoms with E-state index >= 15 is 0 Å². The van der Waals surface area contributed by atoms with Crippen molar-refractivity contribution in [2.24, 2.45) is 0 Å². The predicted octanol–water partition coefficient (Wildman–Crippen LogP) is 1.93. The third kappa shape index (κ3) is 1.94. The molecule has 2 rings (SSSR count). The number of benzene rings is 2. The first-order chi connectivity index (χ1) is 6.88. The molecule has 14 heavy (non-hydrogen) atoms. The van der Waals surface area contributed by atoms with Gasteiger partial charge in [-0.3, -0.25) is 8.80 Å². The van der Waals surface area contributed by atoms with E-state index in [9.17, 15) is 0 Å². The smallest absolute Gasteiger partial charge is 0.0625 e. The van der Waals surface area contributed by atoms with Gasteiger partial charge in [-0.25, -0.2) is 0 Å². The second kappa shape index (κ2) is 4.25. The number of hydrogen-bond donors (Lipinski definition) is 0. The van der Waals surface area contributed by atoms with Crippen LogP contribution in [0.25, 0.3) is 0 Å². The average Bonchev–Trinajstić information content (AvgIpc) is 2.30. The van der Waals surface area contributed by atoms with Crippen molar-refractivity contribution >= 4 is 19.2 Å². The summed E-state index contributed by atoms with van der Waals surface area (Å²) in [6.45, 7) is 2.34. The van der Waals surface area contributed by atoms with Crippen LogP contribution in [0.15, 0.2) is 60.7 Å². The van der Waals surface area contributed by atoms with Crippen molar-refractivity contribution in [3.05, 3.63) is 60.7 Å². The first kappa shape index (κ1) is 9.22. The van der Waals surface area contributed by atoms with E-state index in [1.807, 2.05) is 0 Å². The van der Waals surface area contributed by atoms with E-state index in [1.165, 1.54) is 10.4 Å². The van der Waals surface area contributed by atoms with Gasteiger partial charge >= 0.3 is 0 Å². The van der Waals surface area contributed by atoms with Gasteiger partial charge in [-0.05, 0) is 0 Å². The van der Waals surface area contributed by atoms with Gasteiger partial charge in [0, 0.05) is 0 Å². The largest absolute Gasteiger partial charge is 0.255 e. The van der Waals surface area contributed by atoms with E-state index in [0.29, 0.717) is 0 Å². The molecule has 0 unspecified atom stereocenters. The third-order valence-electron chi connectivity index (χ3n) is 2.41. The molecule has 70 valence electrons. The van der Waals surface area contributed by atoms with Crippen LogP contribution < -0.4 is 10.4 Å². The molecule has 0 aromatic heterocycles.